The molecular formula is C17H29NO. The van der Waals surface area contributed by atoms with E-state index in [1.165, 1.54) is 44.9 Å². The van der Waals surface area contributed by atoms with Crippen molar-refractivity contribution in [2.45, 2.75) is 70.8 Å². The molecule has 1 aromatic rings. The molecule has 0 spiro atoms. The molecule has 0 fully saturated rings. The third-order valence-electron chi connectivity index (χ3n) is 3.69. The first kappa shape index (κ1) is 16.0. The minimum atomic E-state index is -0.402. The quantitative estimate of drug-likeness (QED) is 0.469. The Labute approximate surface area is 118 Å². The van der Waals surface area contributed by atoms with Crippen LogP contribution in [0.4, 0.5) is 5.69 Å². The Hall–Kier alpha value is -1.02. The molecule has 0 aliphatic carbocycles. The zero-order valence-electron chi connectivity index (χ0n) is 12.3. The van der Waals surface area contributed by atoms with Crippen LogP contribution in [-0.4, -0.2) is 5.11 Å². The molecule has 0 saturated heterocycles. The molecule has 1 unspecified atom stereocenters. The van der Waals surface area contributed by atoms with Gasteiger partial charge in [-0.2, -0.15) is 0 Å². The van der Waals surface area contributed by atoms with Crippen molar-refractivity contribution in [1.29, 1.82) is 0 Å². The third-order valence-corrected chi connectivity index (χ3v) is 3.69. The fourth-order valence-electron chi connectivity index (χ4n) is 2.44. The van der Waals surface area contributed by atoms with Gasteiger partial charge in [-0.15, -0.1) is 0 Å². The molecule has 0 bridgehead atoms. The number of anilines is 1. The van der Waals surface area contributed by atoms with Crippen LogP contribution in [0.2, 0.25) is 0 Å². The second kappa shape index (κ2) is 9.85. The van der Waals surface area contributed by atoms with Gasteiger partial charge >= 0.3 is 0 Å². The van der Waals surface area contributed by atoms with E-state index in [1.807, 2.05) is 24.3 Å². The van der Waals surface area contributed by atoms with E-state index in [0.717, 1.165) is 18.4 Å². The highest BCUT2D eigenvalue weighted by Crippen LogP contribution is 2.24. The van der Waals surface area contributed by atoms with Crippen molar-refractivity contribution in [2.24, 2.45) is 0 Å². The maximum absolute atomic E-state index is 10.1. The topological polar surface area (TPSA) is 46.2 Å². The number of para-hydroxylation sites is 1. The normalized spacial score (nSPS) is 12.5. The monoisotopic (exact) mass is 263 g/mol. The van der Waals surface area contributed by atoms with Crippen LogP contribution < -0.4 is 5.73 Å². The Morgan fingerprint density at radius 2 is 1.53 bits per heavy atom. The summed E-state index contributed by atoms with van der Waals surface area (Å²) in [5.74, 6) is 0. The highest BCUT2D eigenvalue weighted by atomic mass is 16.3. The molecule has 0 saturated carbocycles. The van der Waals surface area contributed by atoms with Crippen LogP contribution in [0.15, 0.2) is 24.3 Å². The summed E-state index contributed by atoms with van der Waals surface area (Å²) in [6.45, 7) is 2.25. The average Bonchev–Trinajstić information content (AvgIpc) is 2.42. The molecule has 2 nitrogen and oxygen atoms in total. The SMILES string of the molecule is CCCCCCCCCCC(O)c1ccccc1N. The van der Waals surface area contributed by atoms with Gasteiger partial charge < -0.3 is 10.8 Å². The summed E-state index contributed by atoms with van der Waals surface area (Å²) < 4.78 is 0. The van der Waals surface area contributed by atoms with E-state index in [4.69, 9.17) is 5.73 Å². The predicted molar refractivity (Wildman–Crippen MR) is 83.0 cm³/mol. The van der Waals surface area contributed by atoms with Crippen molar-refractivity contribution in [3.8, 4) is 0 Å². The molecule has 0 aliphatic rings. The van der Waals surface area contributed by atoms with Crippen LogP contribution in [0.25, 0.3) is 0 Å². The maximum atomic E-state index is 10.1. The maximum Gasteiger partial charge on any atom is 0.0809 e. The van der Waals surface area contributed by atoms with E-state index >= 15 is 0 Å². The zero-order chi connectivity index (χ0) is 13.9. The number of aliphatic hydroxyl groups is 1. The van der Waals surface area contributed by atoms with Crippen molar-refractivity contribution in [1.82, 2.24) is 0 Å². The molecule has 0 aliphatic heterocycles. The number of rotatable bonds is 10. The predicted octanol–water partition coefficient (Wildman–Crippen LogP) is 4.83. The number of unbranched alkanes of at least 4 members (excludes halogenated alkanes) is 7. The van der Waals surface area contributed by atoms with Gasteiger partial charge in [0.2, 0.25) is 0 Å². The van der Waals surface area contributed by atoms with Crippen LogP contribution in [0.5, 0.6) is 0 Å². The molecule has 1 aromatic carbocycles. The van der Waals surface area contributed by atoms with Gasteiger partial charge in [-0.1, -0.05) is 76.5 Å². The molecule has 3 N–H and O–H groups in total. The highest BCUT2D eigenvalue weighted by molar-refractivity contribution is 5.47. The number of nitrogen functional groups attached to an aromatic ring is 1. The van der Waals surface area contributed by atoms with Gasteiger partial charge in [0, 0.05) is 11.3 Å². The van der Waals surface area contributed by atoms with Crippen molar-refractivity contribution < 1.29 is 5.11 Å². The lowest BCUT2D eigenvalue weighted by Crippen LogP contribution is -2.01. The lowest BCUT2D eigenvalue weighted by atomic mass is 10.0. The van der Waals surface area contributed by atoms with Gasteiger partial charge in [0.05, 0.1) is 6.10 Å². The number of aliphatic hydroxyl groups excluding tert-OH is 1. The second-order valence-corrected chi connectivity index (χ2v) is 5.41. The summed E-state index contributed by atoms with van der Waals surface area (Å²) in [7, 11) is 0. The Kier molecular flexibility index (Phi) is 8.31. The number of benzene rings is 1. The Morgan fingerprint density at radius 1 is 0.947 bits per heavy atom. The summed E-state index contributed by atoms with van der Waals surface area (Å²) in [6.07, 6.45) is 10.8. The van der Waals surface area contributed by atoms with Gasteiger partial charge in [-0.25, -0.2) is 0 Å². The molecule has 19 heavy (non-hydrogen) atoms. The fraction of sp³-hybridized carbons (Fsp3) is 0.647. The molecule has 0 amide bonds. The van der Waals surface area contributed by atoms with E-state index in [9.17, 15) is 5.11 Å². The van der Waals surface area contributed by atoms with Gasteiger partial charge in [-0.3, -0.25) is 0 Å². The van der Waals surface area contributed by atoms with Gasteiger partial charge in [0.15, 0.2) is 0 Å². The minimum absolute atomic E-state index is 0.402. The molecule has 108 valence electrons. The number of nitrogens with two attached hydrogens (primary N) is 1. The Bertz CT molecular complexity index is 338. The summed E-state index contributed by atoms with van der Waals surface area (Å²) >= 11 is 0. The lowest BCUT2D eigenvalue weighted by Gasteiger charge is -2.13. The highest BCUT2D eigenvalue weighted by Gasteiger charge is 2.09. The number of hydrogen-bond acceptors (Lipinski definition) is 2. The largest absolute Gasteiger partial charge is 0.398 e. The van der Waals surface area contributed by atoms with E-state index in [1.54, 1.807) is 0 Å². The smallest absolute Gasteiger partial charge is 0.0809 e. The van der Waals surface area contributed by atoms with E-state index in [-0.39, 0.29) is 0 Å². The molecule has 0 aromatic heterocycles. The van der Waals surface area contributed by atoms with Crippen LogP contribution in [0, 0.1) is 0 Å². The van der Waals surface area contributed by atoms with Crippen molar-refractivity contribution in [3.63, 3.8) is 0 Å². The Morgan fingerprint density at radius 3 is 2.16 bits per heavy atom. The van der Waals surface area contributed by atoms with E-state index in [0.29, 0.717) is 5.69 Å². The van der Waals surface area contributed by atoms with Crippen LogP contribution in [0.1, 0.15) is 76.4 Å². The standard InChI is InChI=1S/C17H29NO/c1-2-3-4-5-6-7-8-9-14-17(19)15-12-10-11-13-16(15)18/h10-13,17,19H,2-9,14,18H2,1H3. The van der Waals surface area contributed by atoms with Gasteiger partial charge in [0.1, 0.15) is 0 Å². The third kappa shape index (κ3) is 6.63. The molecule has 0 radical (unpaired) electrons. The van der Waals surface area contributed by atoms with Crippen LogP contribution >= 0.6 is 0 Å². The first-order chi connectivity index (χ1) is 9.25. The molecule has 1 rings (SSSR count). The molecular weight excluding hydrogens is 234 g/mol. The summed E-state index contributed by atoms with van der Waals surface area (Å²) in [5, 5.41) is 10.1. The number of hydrogen-bond donors (Lipinski definition) is 2. The lowest BCUT2D eigenvalue weighted by molar-refractivity contribution is 0.164. The summed E-state index contributed by atoms with van der Waals surface area (Å²) in [4.78, 5) is 0. The molecule has 1 atom stereocenters. The van der Waals surface area contributed by atoms with Crippen molar-refractivity contribution in [2.75, 3.05) is 5.73 Å². The second-order valence-electron chi connectivity index (χ2n) is 5.41. The van der Waals surface area contributed by atoms with Crippen molar-refractivity contribution >= 4 is 5.69 Å². The van der Waals surface area contributed by atoms with Gasteiger partial charge in [0.25, 0.3) is 0 Å². The summed E-state index contributed by atoms with van der Waals surface area (Å²) in [6, 6.07) is 7.61. The molecule has 0 heterocycles. The van der Waals surface area contributed by atoms with Crippen LogP contribution in [0.3, 0.4) is 0 Å². The zero-order valence-corrected chi connectivity index (χ0v) is 12.3. The minimum Gasteiger partial charge on any atom is -0.398 e. The average molecular weight is 263 g/mol. The Balaban J connectivity index is 2.08. The van der Waals surface area contributed by atoms with Crippen LogP contribution in [-0.2, 0) is 0 Å². The fourth-order valence-corrected chi connectivity index (χ4v) is 2.44. The van der Waals surface area contributed by atoms with Gasteiger partial charge in [-0.05, 0) is 12.5 Å². The van der Waals surface area contributed by atoms with E-state index < -0.39 is 6.10 Å². The summed E-state index contributed by atoms with van der Waals surface area (Å²) in [5.41, 5.74) is 7.44. The van der Waals surface area contributed by atoms with E-state index in [2.05, 4.69) is 6.92 Å². The van der Waals surface area contributed by atoms with Crippen molar-refractivity contribution in [3.05, 3.63) is 29.8 Å². The first-order valence-corrected chi connectivity index (χ1v) is 7.78. The molecule has 2 heteroatoms. The first-order valence-electron chi connectivity index (χ1n) is 7.78.